The fraction of sp³-hybridized carbons (Fsp3) is 0.111. The third-order valence-corrected chi connectivity index (χ3v) is 3.30. The standard InChI is InChI=1S/C18H15NO2/c1-13-10-11-15-16(8-5-9-17(15)19-13)18(20)21-12-14-6-3-2-4-7-14/h2-11H,12H2,1H3. The summed E-state index contributed by atoms with van der Waals surface area (Å²) in [5.74, 6) is -0.324. The zero-order valence-corrected chi connectivity index (χ0v) is 11.7. The van der Waals surface area contributed by atoms with Crippen LogP contribution in [0.1, 0.15) is 21.6 Å². The van der Waals surface area contributed by atoms with Gasteiger partial charge in [-0.2, -0.15) is 0 Å². The van der Waals surface area contributed by atoms with Gasteiger partial charge in [0, 0.05) is 11.1 Å². The molecule has 3 aromatic rings. The molecule has 0 amide bonds. The van der Waals surface area contributed by atoms with Crippen molar-refractivity contribution in [1.82, 2.24) is 4.98 Å². The van der Waals surface area contributed by atoms with E-state index in [1.54, 1.807) is 6.07 Å². The van der Waals surface area contributed by atoms with E-state index < -0.39 is 0 Å². The van der Waals surface area contributed by atoms with Gasteiger partial charge in [-0.15, -0.1) is 0 Å². The van der Waals surface area contributed by atoms with Crippen molar-refractivity contribution in [3.8, 4) is 0 Å². The minimum Gasteiger partial charge on any atom is -0.457 e. The van der Waals surface area contributed by atoms with Crippen LogP contribution in [0.2, 0.25) is 0 Å². The first kappa shape index (κ1) is 13.3. The summed E-state index contributed by atoms with van der Waals surface area (Å²) in [7, 11) is 0. The number of rotatable bonds is 3. The van der Waals surface area contributed by atoms with Gasteiger partial charge < -0.3 is 4.74 Å². The number of aryl methyl sites for hydroxylation is 1. The Balaban J connectivity index is 1.85. The first-order chi connectivity index (χ1) is 10.2. The summed E-state index contributed by atoms with van der Waals surface area (Å²) in [4.78, 5) is 16.7. The minimum atomic E-state index is -0.324. The Labute approximate surface area is 123 Å². The highest BCUT2D eigenvalue weighted by Gasteiger charge is 2.12. The van der Waals surface area contributed by atoms with Crippen LogP contribution in [-0.4, -0.2) is 11.0 Å². The summed E-state index contributed by atoms with van der Waals surface area (Å²) in [6, 6.07) is 19.0. The van der Waals surface area contributed by atoms with Gasteiger partial charge in [0.1, 0.15) is 6.61 Å². The average molecular weight is 277 g/mol. The molecular weight excluding hydrogens is 262 g/mol. The fourth-order valence-electron chi connectivity index (χ4n) is 2.24. The van der Waals surface area contributed by atoms with Crippen LogP contribution < -0.4 is 0 Å². The molecule has 0 atom stereocenters. The van der Waals surface area contributed by atoms with Crippen molar-refractivity contribution in [3.63, 3.8) is 0 Å². The number of carbonyl (C=O) groups excluding carboxylic acids is 1. The Morgan fingerprint density at radius 1 is 1.00 bits per heavy atom. The van der Waals surface area contributed by atoms with Crippen molar-refractivity contribution >= 4 is 16.9 Å². The van der Waals surface area contributed by atoms with Gasteiger partial charge >= 0.3 is 5.97 Å². The number of ether oxygens (including phenoxy) is 1. The van der Waals surface area contributed by atoms with Crippen molar-refractivity contribution in [1.29, 1.82) is 0 Å². The van der Waals surface area contributed by atoms with Crippen LogP contribution in [0.4, 0.5) is 0 Å². The second kappa shape index (κ2) is 5.75. The largest absolute Gasteiger partial charge is 0.457 e. The maximum Gasteiger partial charge on any atom is 0.339 e. The first-order valence-corrected chi connectivity index (χ1v) is 6.81. The number of pyridine rings is 1. The molecule has 0 radical (unpaired) electrons. The Morgan fingerprint density at radius 3 is 2.62 bits per heavy atom. The third-order valence-electron chi connectivity index (χ3n) is 3.30. The van der Waals surface area contributed by atoms with Gasteiger partial charge in [-0.25, -0.2) is 4.79 Å². The van der Waals surface area contributed by atoms with E-state index in [-0.39, 0.29) is 12.6 Å². The van der Waals surface area contributed by atoms with Crippen molar-refractivity contribution in [2.24, 2.45) is 0 Å². The molecule has 0 unspecified atom stereocenters. The molecule has 0 saturated heterocycles. The van der Waals surface area contributed by atoms with Gasteiger partial charge in [-0.3, -0.25) is 4.98 Å². The van der Waals surface area contributed by atoms with E-state index in [1.165, 1.54) is 0 Å². The van der Waals surface area contributed by atoms with Crippen LogP contribution in [0.3, 0.4) is 0 Å². The fourth-order valence-corrected chi connectivity index (χ4v) is 2.24. The second-order valence-electron chi connectivity index (χ2n) is 4.89. The van der Waals surface area contributed by atoms with E-state index in [4.69, 9.17) is 4.74 Å². The predicted octanol–water partition coefficient (Wildman–Crippen LogP) is 3.90. The molecule has 1 heterocycles. The highest BCUT2D eigenvalue weighted by Crippen LogP contribution is 2.19. The van der Waals surface area contributed by atoms with Crippen molar-refractivity contribution < 1.29 is 9.53 Å². The molecule has 3 heteroatoms. The van der Waals surface area contributed by atoms with Crippen LogP contribution in [0.15, 0.2) is 60.7 Å². The number of carbonyl (C=O) groups is 1. The number of aromatic nitrogens is 1. The Bertz CT molecular complexity index is 782. The van der Waals surface area contributed by atoms with Gasteiger partial charge in [0.15, 0.2) is 0 Å². The third kappa shape index (κ3) is 2.92. The summed E-state index contributed by atoms with van der Waals surface area (Å²) in [6.07, 6.45) is 0. The van der Waals surface area contributed by atoms with E-state index in [9.17, 15) is 4.79 Å². The van der Waals surface area contributed by atoms with Gasteiger partial charge in [-0.1, -0.05) is 42.5 Å². The highest BCUT2D eigenvalue weighted by atomic mass is 16.5. The average Bonchev–Trinajstić information content (AvgIpc) is 2.52. The van der Waals surface area contributed by atoms with Crippen LogP contribution in [0.25, 0.3) is 10.9 Å². The molecule has 2 aromatic carbocycles. The first-order valence-electron chi connectivity index (χ1n) is 6.81. The molecule has 104 valence electrons. The van der Waals surface area contributed by atoms with Crippen molar-refractivity contribution in [2.75, 3.05) is 0 Å². The summed E-state index contributed by atoms with van der Waals surface area (Å²) < 4.78 is 5.39. The zero-order chi connectivity index (χ0) is 14.7. The monoisotopic (exact) mass is 277 g/mol. The van der Waals surface area contributed by atoms with Gasteiger partial charge in [-0.05, 0) is 30.7 Å². The van der Waals surface area contributed by atoms with E-state index >= 15 is 0 Å². The van der Waals surface area contributed by atoms with Crippen LogP contribution in [0, 0.1) is 6.92 Å². The maximum absolute atomic E-state index is 12.3. The van der Waals surface area contributed by atoms with Crippen LogP contribution in [0.5, 0.6) is 0 Å². The quantitative estimate of drug-likeness (QED) is 0.681. The van der Waals surface area contributed by atoms with Gasteiger partial charge in [0.05, 0.1) is 11.1 Å². The Kier molecular flexibility index (Phi) is 3.65. The second-order valence-corrected chi connectivity index (χ2v) is 4.89. The summed E-state index contributed by atoms with van der Waals surface area (Å²) in [6.45, 7) is 2.20. The number of hydrogen-bond acceptors (Lipinski definition) is 3. The van der Waals surface area contributed by atoms with Crippen molar-refractivity contribution in [2.45, 2.75) is 13.5 Å². The topological polar surface area (TPSA) is 39.2 Å². The summed E-state index contributed by atoms with van der Waals surface area (Å²) in [5, 5.41) is 0.821. The lowest BCUT2D eigenvalue weighted by atomic mass is 10.1. The van der Waals surface area contributed by atoms with Crippen LogP contribution in [-0.2, 0) is 11.3 Å². The number of esters is 1. The Morgan fingerprint density at radius 2 is 1.81 bits per heavy atom. The minimum absolute atomic E-state index is 0.273. The molecule has 3 nitrogen and oxygen atoms in total. The zero-order valence-electron chi connectivity index (χ0n) is 11.7. The molecule has 3 rings (SSSR count). The van der Waals surface area contributed by atoms with Crippen molar-refractivity contribution in [3.05, 3.63) is 77.5 Å². The number of nitrogens with zero attached hydrogens (tertiary/aromatic N) is 1. The molecule has 0 aliphatic carbocycles. The number of benzene rings is 2. The molecule has 1 aromatic heterocycles. The number of fused-ring (bicyclic) bond motifs is 1. The molecular formula is C18H15NO2. The normalized spacial score (nSPS) is 10.5. The van der Waals surface area contributed by atoms with E-state index in [0.29, 0.717) is 5.56 Å². The highest BCUT2D eigenvalue weighted by molar-refractivity contribution is 6.03. The van der Waals surface area contributed by atoms with E-state index in [2.05, 4.69) is 4.98 Å². The lowest BCUT2D eigenvalue weighted by molar-refractivity contribution is 0.0475. The van der Waals surface area contributed by atoms with E-state index in [0.717, 1.165) is 22.2 Å². The molecule has 0 aliphatic heterocycles. The smallest absolute Gasteiger partial charge is 0.339 e. The number of hydrogen-bond donors (Lipinski definition) is 0. The predicted molar refractivity (Wildman–Crippen MR) is 82.0 cm³/mol. The lowest BCUT2D eigenvalue weighted by Gasteiger charge is -2.07. The molecule has 0 bridgehead atoms. The molecule has 0 saturated carbocycles. The lowest BCUT2D eigenvalue weighted by Crippen LogP contribution is -2.06. The molecule has 0 N–H and O–H groups in total. The van der Waals surface area contributed by atoms with Gasteiger partial charge in [0.25, 0.3) is 0 Å². The molecule has 0 fully saturated rings. The maximum atomic E-state index is 12.3. The Hall–Kier alpha value is -2.68. The molecule has 0 aliphatic rings. The van der Waals surface area contributed by atoms with Crippen LogP contribution >= 0.6 is 0 Å². The van der Waals surface area contributed by atoms with Gasteiger partial charge in [0.2, 0.25) is 0 Å². The summed E-state index contributed by atoms with van der Waals surface area (Å²) in [5.41, 5.74) is 3.26. The molecule has 21 heavy (non-hydrogen) atoms. The van der Waals surface area contributed by atoms with E-state index in [1.807, 2.05) is 61.5 Å². The summed E-state index contributed by atoms with van der Waals surface area (Å²) >= 11 is 0. The molecule has 0 spiro atoms. The SMILES string of the molecule is Cc1ccc2c(C(=O)OCc3ccccc3)cccc2n1.